The van der Waals surface area contributed by atoms with Crippen LogP contribution in [-0.2, 0) is 0 Å². The summed E-state index contributed by atoms with van der Waals surface area (Å²) in [5.41, 5.74) is 0. The van der Waals surface area contributed by atoms with Crippen LogP contribution in [0.2, 0.25) is 0 Å². The number of rotatable bonds is 4. The summed E-state index contributed by atoms with van der Waals surface area (Å²) in [4.78, 5) is 3.53. The average molecular weight is 468 g/mol. The van der Waals surface area contributed by atoms with Crippen molar-refractivity contribution < 1.29 is 19.7 Å². The molecule has 1 saturated heterocycles. The molecule has 2 N–H and O–H groups in total. The lowest BCUT2D eigenvalue weighted by molar-refractivity contribution is 0.183. The fourth-order valence-corrected chi connectivity index (χ4v) is 4.31. The van der Waals surface area contributed by atoms with E-state index in [1.165, 1.54) is 32.4 Å². The van der Waals surface area contributed by atoms with Gasteiger partial charge in [0.1, 0.15) is 29.6 Å². The van der Waals surface area contributed by atoms with Crippen LogP contribution in [0, 0.1) is 0 Å². The Bertz CT molecular complexity index is 918. The number of thioether (sulfide) groups is 1. The predicted octanol–water partition coefficient (Wildman–Crippen LogP) is 5.82. The smallest absolute Gasteiger partial charge is 0.133 e. The lowest BCUT2D eigenvalue weighted by Crippen LogP contribution is -2.33. The maximum atomic E-state index is 9.12. The number of hydrogen-bond acceptors (Lipinski definition) is 6. The minimum Gasteiger partial charge on any atom is -0.508 e. The van der Waals surface area contributed by atoms with Gasteiger partial charge in [0.25, 0.3) is 0 Å². The first kappa shape index (κ1) is 24.8. The largest absolute Gasteiger partial charge is 0.508 e. The molecule has 33 heavy (non-hydrogen) atoms. The minimum atomic E-state index is 0.307. The molecule has 0 unspecified atom stereocenters. The Balaban J connectivity index is 0.000000149. The zero-order chi connectivity index (χ0) is 23.1. The van der Waals surface area contributed by atoms with Gasteiger partial charge < -0.3 is 19.7 Å². The summed E-state index contributed by atoms with van der Waals surface area (Å²) in [6.07, 6.45) is 4.10. The number of hydrogen-bond donors (Lipinski definition) is 2. The molecule has 5 rings (SSSR count). The molecular weight excluding hydrogens is 434 g/mol. The van der Waals surface area contributed by atoms with Crippen LogP contribution in [0.5, 0.6) is 23.0 Å². The second kappa shape index (κ2) is 14.3. The third-order valence-electron chi connectivity index (χ3n) is 5.15. The normalized spacial score (nSPS) is 14.9. The Kier molecular flexibility index (Phi) is 10.8. The molecule has 0 atom stereocenters. The number of piperidine rings is 1. The van der Waals surface area contributed by atoms with Gasteiger partial charge in [-0.05, 0) is 68.4 Å². The summed E-state index contributed by atoms with van der Waals surface area (Å²) in [6.45, 7) is 5.14. The Morgan fingerprint density at radius 2 is 1.52 bits per heavy atom. The van der Waals surface area contributed by atoms with Gasteiger partial charge in [0.05, 0.1) is 11.5 Å². The molecule has 2 aliphatic rings. The molecule has 3 aromatic carbocycles. The van der Waals surface area contributed by atoms with E-state index in [2.05, 4.69) is 4.90 Å². The number of aromatic hydroxyl groups is 2. The van der Waals surface area contributed by atoms with Crippen molar-refractivity contribution in [3.63, 3.8) is 0 Å². The number of ether oxygens (including phenoxy) is 2. The number of nitrogens with zero attached hydrogens (tertiary/aromatic N) is 1. The van der Waals surface area contributed by atoms with Crippen LogP contribution in [0.4, 0.5) is 0 Å². The van der Waals surface area contributed by atoms with Crippen molar-refractivity contribution in [2.24, 2.45) is 0 Å². The van der Waals surface area contributed by atoms with E-state index in [-0.39, 0.29) is 0 Å². The van der Waals surface area contributed by atoms with Gasteiger partial charge >= 0.3 is 0 Å². The molecule has 0 radical (unpaired) electrons. The molecule has 2 aliphatic heterocycles. The van der Waals surface area contributed by atoms with Gasteiger partial charge in [-0.1, -0.05) is 42.8 Å². The zero-order valence-electron chi connectivity index (χ0n) is 18.9. The predicted molar refractivity (Wildman–Crippen MR) is 135 cm³/mol. The van der Waals surface area contributed by atoms with Crippen molar-refractivity contribution in [2.75, 3.05) is 38.6 Å². The summed E-state index contributed by atoms with van der Waals surface area (Å²) in [5, 5.41) is 17.8. The number of phenols is 2. The van der Waals surface area contributed by atoms with Crippen molar-refractivity contribution in [3.8, 4) is 23.0 Å². The Labute approximate surface area is 201 Å². The second-order valence-corrected chi connectivity index (χ2v) is 8.86. The van der Waals surface area contributed by atoms with E-state index < -0.39 is 0 Å². The highest BCUT2D eigenvalue weighted by atomic mass is 32.2. The molecule has 0 aliphatic carbocycles. The molecule has 6 heteroatoms. The van der Waals surface area contributed by atoms with Crippen molar-refractivity contribution >= 4 is 11.8 Å². The molecule has 0 aromatic heterocycles. The number of benzene rings is 3. The summed E-state index contributed by atoms with van der Waals surface area (Å²) >= 11 is 1.72. The monoisotopic (exact) mass is 467 g/mol. The van der Waals surface area contributed by atoms with Gasteiger partial charge in [-0.3, -0.25) is 4.90 Å². The highest BCUT2D eigenvalue weighted by Gasteiger charge is 2.10. The second-order valence-electron chi connectivity index (χ2n) is 7.73. The van der Waals surface area contributed by atoms with Crippen molar-refractivity contribution in [3.05, 3.63) is 78.9 Å². The van der Waals surface area contributed by atoms with E-state index in [0.29, 0.717) is 11.5 Å². The minimum absolute atomic E-state index is 0.307. The molecule has 0 spiro atoms. The van der Waals surface area contributed by atoms with E-state index in [0.717, 1.165) is 41.9 Å². The van der Waals surface area contributed by atoms with E-state index in [1.807, 2.05) is 36.4 Å². The summed E-state index contributed by atoms with van der Waals surface area (Å²) in [7, 11) is 0. The third kappa shape index (κ3) is 9.68. The molecule has 176 valence electrons. The van der Waals surface area contributed by atoms with Gasteiger partial charge in [-0.25, -0.2) is 0 Å². The number of para-hydroxylation sites is 2. The molecule has 0 amide bonds. The zero-order valence-corrected chi connectivity index (χ0v) is 19.8. The average Bonchev–Trinajstić information content (AvgIpc) is 2.87. The number of fused-ring (bicyclic) bond motifs is 1. The van der Waals surface area contributed by atoms with Gasteiger partial charge in [0.2, 0.25) is 0 Å². The van der Waals surface area contributed by atoms with Crippen molar-refractivity contribution in [1.82, 2.24) is 4.90 Å². The number of likely N-dealkylation sites (tertiary alicyclic amines) is 1. The molecular formula is C27H33NO4S. The Hall–Kier alpha value is -2.83. The maximum Gasteiger partial charge on any atom is 0.133 e. The molecule has 0 bridgehead atoms. The van der Waals surface area contributed by atoms with Crippen molar-refractivity contribution in [2.45, 2.75) is 24.2 Å². The molecule has 2 heterocycles. The fraction of sp³-hybridized carbons (Fsp3) is 0.333. The molecule has 0 saturated carbocycles. The van der Waals surface area contributed by atoms with Crippen LogP contribution in [0.15, 0.2) is 83.8 Å². The van der Waals surface area contributed by atoms with Gasteiger partial charge in [0, 0.05) is 12.3 Å². The van der Waals surface area contributed by atoms with Gasteiger partial charge in [0.15, 0.2) is 0 Å². The van der Waals surface area contributed by atoms with E-state index in [9.17, 15) is 0 Å². The van der Waals surface area contributed by atoms with E-state index in [1.54, 1.807) is 54.2 Å². The maximum absolute atomic E-state index is 9.12. The SMILES string of the molecule is Oc1ccc2c(c1)SCCO2.Oc1ccccc1.c1ccc(OCCN2CCCCC2)cc1. The highest BCUT2D eigenvalue weighted by Crippen LogP contribution is 2.35. The van der Waals surface area contributed by atoms with E-state index in [4.69, 9.17) is 19.7 Å². The molecule has 1 fully saturated rings. The number of phenolic OH excluding ortho intramolecular Hbond substituents is 2. The summed E-state index contributed by atoms with van der Waals surface area (Å²) in [6, 6.07) is 23.9. The fourth-order valence-electron chi connectivity index (χ4n) is 3.45. The van der Waals surface area contributed by atoms with Gasteiger partial charge in [-0.15, -0.1) is 11.8 Å². The lowest BCUT2D eigenvalue weighted by atomic mass is 10.1. The first-order valence-corrected chi connectivity index (χ1v) is 12.4. The van der Waals surface area contributed by atoms with Crippen LogP contribution in [0.1, 0.15) is 19.3 Å². The van der Waals surface area contributed by atoms with Crippen LogP contribution in [0.3, 0.4) is 0 Å². The highest BCUT2D eigenvalue weighted by molar-refractivity contribution is 7.99. The third-order valence-corrected chi connectivity index (χ3v) is 6.15. The van der Waals surface area contributed by atoms with Gasteiger partial charge in [-0.2, -0.15) is 0 Å². The molecule has 3 aromatic rings. The Morgan fingerprint density at radius 1 is 0.818 bits per heavy atom. The topological polar surface area (TPSA) is 62.2 Å². The van der Waals surface area contributed by atoms with E-state index >= 15 is 0 Å². The quantitative estimate of drug-likeness (QED) is 0.504. The summed E-state index contributed by atoms with van der Waals surface area (Å²) < 4.78 is 11.0. The van der Waals surface area contributed by atoms with Crippen LogP contribution in [-0.4, -0.2) is 53.7 Å². The first-order chi connectivity index (χ1) is 16.2. The standard InChI is InChI=1S/C13H19NO.C8H8O2S.C6H6O/c1-3-7-13(8-4-1)15-12-11-14-9-5-2-6-10-14;9-6-1-2-7-8(5-6)11-4-3-10-7;7-6-4-2-1-3-5-6/h1,3-4,7-8H,2,5-6,9-12H2;1-2,5,9H,3-4H2;1-5,7H. The van der Waals surface area contributed by atoms with Crippen LogP contribution in [0.25, 0.3) is 0 Å². The Morgan fingerprint density at radius 3 is 2.18 bits per heavy atom. The summed E-state index contributed by atoms with van der Waals surface area (Å²) in [5.74, 6) is 3.47. The molecule has 5 nitrogen and oxygen atoms in total. The van der Waals surface area contributed by atoms with Crippen LogP contribution >= 0.6 is 11.8 Å². The van der Waals surface area contributed by atoms with Crippen molar-refractivity contribution in [1.29, 1.82) is 0 Å². The van der Waals surface area contributed by atoms with Crippen LogP contribution < -0.4 is 9.47 Å². The first-order valence-electron chi connectivity index (χ1n) is 11.4. The lowest BCUT2D eigenvalue weighted by Gasteiger charge is -2.26.